The minimum atomic E-state index is 1.15. The highest BCUT2D eigenvalue weighted by atomic mass is 16.5. The molecule has 0 spiro atoms. The summed E-state index contributed by atoms with van der Waals surface area (Å²) in [4.78, 5) is 0. The number of rotatable bonds is 1. The van der Waals surface area contributed by atoms with Gasteiger partial charge in [0.05, 0.1) is 12.9 Å². The number of hydrogen-bond acceptors (Lipinski definition) is 1. The van der Waals surface area contributed by atoms with Gasteiger partial charge in [-0.15, -0.1) is 0 Å². The number of hydrogen-bond donors (Lipinski definition) is 0. The van der Waals surface area contributed by atoms with Gasteiger partial charge in [0.15, 0.2) is 0 Å². The van der Waals surface area contributed by atoms with E-state index in [-0.39, 0.29) is 0 Å². The van der Waals surface area contributed by atoms with Crippen molar-refractivity contribution in [1.82, 2.24) is 0 Å². The van der Waals surface area contributed by atoms with E-state index >= 15 is 0 Å². The van der Waals surface area contributed by atoms with Gasteiger partial charge in [-0.2, -0.15) is 0 Å². The molecular formula is C13H24O. The van der Waals surface area contributed by atoms with E-state index in [0.29, 0.717) is 0 Å². The van der Waals surface area contributed by atoms with E-state index in [4.69, 9.17) is 4.74 Å². The summed E-state index contributed by atoms with van der Waals surface area (Å²) >= 11 is 0. The second-order valence-electron chi connectivity index (χ2n) is 4.24. The molecule has 1 nitrogen and oxygen atoms in total. The van der Waals surface area contributed by atoms with Gasteiger partial charge in [0, 0.05) is 6.42 Å². The Bertz CT molecular complexity index is 161. The van der Waals surface area contributed by atoms with Crippen molar-refractivity contribution in [1.29, 1.82) is 0 Å². The molecule has 0 radical (unpaired) electrons. The minimum Gasteiger partial charge on any atom is -0.501 e. The van der Waals surface area contributed by atoms with Crippen LogP contribution in [0.1, 0.15) is 64.2 Å². The van der Waals surface area contributed by atoms with Crippen LogP contribution in [0.25, 0.3) is 0 Å². The molecule has 0 N–H and O–H groups in total. The van der Waals surface area contributed by atoms with Gasteiger partial charge in [0.1, 0.15) is 0 Å². The van der Waals surface area contributed by atoms with Crippen LogP contribution in [0.5, 0.6) is 0 Å². The predicted octanol–water partition coefficient (Wildman–Crippen LogP) is 4.43. The van der Waals surface area contributed by atoms with Crippen molar-refractivity contribution in [2.45, 2.75) is 64.2 Å². The lowest BCUT2D eigenvalue weighted by molar-refractivity contribution is 0.271. The van der Waals surface area contributed by atoms with Crippen LogP contribution in [0.15, 0.2) is 11.8 Å². The highest BCUT2D eigenvalue weighted by Gasteiger charge is 1.99. The van der Waals surface area contributed by atoms with E-state index in [1.807, 2.05) is 0 Å². The maximum atomic E-state index is 5.36. The fourth-order valence-corrected chi connectivity index (χ4v) is 2.05. The Hall–Kier alpha value is -0.460. The normalized spacial score (nSPS) is 25.4. The van der Waals surface area contributed by atoms with E-state index in [1.165, 1.54) is 63.5 Å². The third-order valence-corrected chi connectivity index (χ3v) is 3.01. The Morgan fingerprint density at radius 1 is 0.857 bits per heavy atom. The van der Waals surface area contributed by atoms with E-state index in [9.17, 15) is 0 Å². The molecule has 0 fully saturated rings. The Balaban J connectivity index is 2.29. The Morgan fingerprint density at radius 2 is 1.43 bits per heavy atom. The Kier molecular flexibility index (Phi) is 6.55. The molecule has 1 rings (SSSR count). The van der Waals surface area contributed by atoms with Gasteiger partial charge in [-0.1, -0.05) is 38.5 Å². The SMILES string of the molecule is CO/C1=C\CCCCCCCCCC1. The first-order valence-electron chi connectivity index (χ1n) is 6.16. The maximum Gasteiger partial charge on any atom is 0.0915 e. The molecule has 0 heterocycles. The van der Waals surface area contributed by atoms with Crippen molar-refractivity contribution in [2.75, 3.05) is 7.11 Å². The molecule has 1 aliphatic rings. The van der Waals surface area contributed by atoms with Gasteiger partial charge < -0.3 is 4.74 Å². The minimum absolute atomic E-state index is 1.15. The number of allylic oxidation sites excluding steroid dienone is 2. The van der Waals surface area contributed by atoms with Crippen LogP contribution in [0, 0.1) is 0 Å². The molecule has 0 aliphatic heterocycles. The smallest absolute Gasteiger partial charge is 0.0915 e. The highest BCUT2D eigenvalue weighted by Crippen LogP contribution is 2.16. The Morgan fingerprint density at radius 3 is 2.07 bits per heavy atom. The predicted molar refractivity (Wildman–Crippen MR) is 61.3 cm³/mol. The molecule has 14 heavy (non-hydrogen) atoms. The summed E-state index contributed by atoms with van der Waals surface area (Å²) in [6.07, 6.45) is 15.8. The average Bonchev–Trinajstić information content (AvgIpc) is 2.19. The number of methoxy groups -OCH3 is 1. The van der Waals surface area contributed by atoms with Gasteiger partial charge in [-0.3, -0.25) is 0 Å². The molecule has 0 saturated heterocycles. The van der Waals surface area contributed by atoms with Crippen LogP contribution in [0.4, 0.5) is 0 Å². The van der Waals surface area contributed by atoms with E-state index in [0.717, 1.165) is 6.42 Å². The molecule has 82 valence electrons. The van der Waals surface area contributed by atoms with Gasteiger partial charge in [-0.25, -0.2) is 0 Å². The lowest BCUT2D eigenvalue weighted by Gasteiger charge is -2.08. The maximum absolute atomic E-state index is 5.36. The standard InChI is InChI=1S/C13H24O/c1-14-13-11-9-7-5-3-2-4-6-8-10-12-13/h11H,2-10,12H2,1H3/b13-11-. The summed E-state index contributed by atoms with van der Waals surface area (Å²) in [6, 6.07) is 0. The Labute approximate surface area is 88.5 Å². The van der Waals surface area contributed by atoms with Crippen molar-refractivity contribution >= 4 is 0 Å². The molecule has 1 aliphatic carbocycles. The van der Waals surface area contributed by atoms with Crippen molar-refractivity contribution in [3.8, 4) is 0 Å². The fraction of sp³-hybridized carbons (Fsp3) is 0.846. The van der Waals surface area contributed by atoms with Gasteiger partial charge >= 0.3 is 0 Å². The molecule has 0 aromatic carbocycles. The van der Waals surface area contributed by atoms with Gasteiger partial charge in [0.25, 0.3) is 0 Å². The van der Waals surface area contributed by atoms with E-state index in [1.54, 1.807) is 7.11 Å². The average molecular weight is 196 g/mol. The molecule has 0 amide bonds. The van der Waals surface area contributed by atoms with Crippen LogP contribution < -0.4 is 0 Å². The zero-order valence-electron chi connectivity index (χ0n) is 9.56. The first-order chi connectivity index (χ1) is 6.93. The van der Waals surface area contributed by atoms with Crippen LogP contribution in [-0.4, -0.2) is 7.11 Å². The molecule has 0 unspecified atom stereocenters. The van der Waals surface area contributed by atoms with E-state index in [2.05, 4.69) is 6.08 Å². The summed E-state index contributed by atoms with van der Waals surface area (Å²) < 4.78 is 5.36. The summed E-state index contributed by atoms with van der Waals surface area (Å²) in [7, 11) is 1.80. The number of ether oxygens (including phenoxy) is 1. The topological polar surface area (TPSA) is 9.23 Å². The first kappa shape index (κ1) is 11.6. The van der Waals surface area contributed by atoms with E-state index < -0.39 is 0 Å². The van der Waals surface area contributed by atoms with Crippen molar-refractivity contribution in [3.05, 3.63) is 11.8 Å². The third kappa shape index (κ3) is 5.31. The first-order valence-corrected chi connectivity index (χ1v) is 6.16. The molecule has 0 aromatic rings. The summed E-state index contributed by atoms with van der Waals surface area (Å²) in [5.74, 6) is 1.21. The highest BCUT2D eigenvalue weighted by molar-refractivity contribution is 4.92. The zero-order chi connectivity index (χ0) is 10.1. The van der Waals surface area contributed by atoms with Gasteiger partial charge in [-0.05, 0) is 25.3 Å². The van der Waals surface area contributed by atoms with Crippen LogP contribution in [-0.2, 0) is 4.74 Å². The molecule has 0 saturated carbocycles. The molecule has 0 atom stereocenters. The second-order valence-corrected chi connectivity index (χ2v) is 4.24. The molecule has 0 bridgehead atoms. The van der Waals surface area contributed by atoms with Crippen molar-refractivity contribution in [3.63, 3.8) is 0 Å². The second kappa shape index (κ2) is 7.90. The lowest BCUT2D eigenvalue weighted by atomic mass is 10.0. The quantitative estimate of drug-likeness (QED) is 0.602. The summed E-state index contributed by atoms with van der Waals surface area (Å²) in [5, 5.41) is 0. The molecular weight excluding hydrogens is 172 g/mol. The van der Waals surface area contributed by atoms with Crippen molar-refractivity contribution in [2.24, 2.45) is 0 Å². The summed E-state index contributed by atoms with van der Waals surface area (Å²) in [5.41, 5.74) is 0. The summed E-state index contributed by atoms with van der Waals surface area (Å²) in [6.45, 7) is 0. The zero-order valence-corrected chi connectivity index (χ0v) is 9.56. The lowest BCUT2D eigenvalue weighted by Crippen LogP contribution is -1.90. The van der Waals surface area contributed by atoms with Crippen LogP contribution >= 0.6 is 0 Å². The monoisotopic (exact) mass is 196 g/mol. The fourth-order valence-electron chi connectivity index (χ4n) is 2.05. The van der Waals surface area contributed by atoms with Crippen LogP contribution in [0.2, 0.25) is 0 Å². The van der Waals surface area contributed by atoms with Gasteiger partial charge in [0.2, 0.25) is 0 Å². The largest absolute Gasteiger partial charge is 0.501 e. The van der Waals surface area contributed by atoms with Crippen molar-refractivity contribution < 1.29 is 4.74 Å². The third-order valence-electron chi connectivity index (χ3n) is 3.01. The molecule has 0 aromatic heterocycles. The molecule has 1 heteroatoms. The van der Waals surface area contributed by atoms with Crippen LogP contribution in [0.3, 0.4) is 0 Å².